The van der Waals surface area contributed by atoms with E-state index in [9.17, 15) is 4.79 Å². The van der Waals surface area contributed by atoms with Crippen molar-refractivity contribution in [2.45, 2.75) is 52.9 Å². The van der Waals surface area contributed by atoms with Crippen LogP contribution in [0.25, 0.3) is 0 Å². The molecule has 4 heteroatoms. The highest BCUT2D eigenvalue weighted by Gasteiger charge is 2.41. The second kappa shape index (κ2) is 8.00. The Bertz CT molecular complexity index is 250. The Balaban J connectivity index is 0.00000289. The minimum Gasteiger partial charge on any atom is -0.355 e. The number of carbonyl (C=O) groups excluding carboxylic acids is 1. The number of carbonyl (C=O) groups is 1. The maximum atomic E-state index is 12.4. The molecule has 1 unspecified atom stereocenters. The molecule has 1 rings (SSSR count). The first-order chi connectivity index (χ1) is 8.00. The Kier molecular flexibility index (Phi) is 7.88. The summed E-state index contributed by atoms with van der Waals surface area (Å²) < 4.78 is 0. The summed E-state index contributed by atoms with van der Waals surface area (Å²) in [5, 5.41) is 3.10. The summed E-state index contributed by atoms with van der Waals surface area (Å²) in [5.74, 6) is 1.23. The number of amides is 1. The molecule has 1 aliphatic carbocycles. The van der Waals surface area contributed by atoms with Crippen LogP contribution in [0.4, 0.5) is 0 Å². The summed E-state index contributed by atoms with van der Waals surface area (Å²) in [5.41, 5.74) is 5.49. The van der Waals surface area contributed by atoms with Crippen molar-refractivity contribution in [2.24, 2.45) is 23.0 Å². The van der Waals surface area contributed by atoms with Gasteiger partial charge >= 0.3 is 0 Å². The van der Waals surface area contributed by atoms with Crippen LogP contribution in [-0.4, -0.2) is 19.0 Å². The molecule has 1 saturated carbocycles. The van der Waals surface area contributed by atoms with Gasteiger partial charge in [-0.1, -0.05) is 33.6 Å². The highest BCUT2D eigenvalue weighted by Crippen LogP contribution is 2.43. The SMILES string of the molecule is CC(C)CC1(C(=O)NCC(C)CN)CCCC1.Cl. The van der Waals surface area contributed by atoms with E-state index in [0.29, 0.717) is 18.4 Å². The van der Waals surface area contributed by atoms with Crippen LogP contribution < -0.4 is 11.1 Å². The van der Waals surface area contributed by atoms with E-state index < -0.39 is 0 Å². The average molecular weight is 277 g/mol. The highest BCUT2D eigenvalue weighted by molar-refractivity contribution is 5.85. The molecule has 0 spiro atoms. The van der Waals surface area contributed by atoms with Crippen LogP contribution in [0.3, 0.4) is 0 Å². The molecule has 0 bridgehead atoms. The first kappa shape index (κ1) is 17.7. The minimum absolute atomic E-state index is 0. The smallest absolute Gasteiger partial charge is 0.226 e. The maximum Gasteiger partial charge on any atom is 0.226 e. The van der Waals surface area contributed by atoms with Crippen molar-refractivity contribution in [2.75, 3.05) is 13.1 Å². The van der Waals surface area contributed by atoms with Gasteiger partial charge in [0.1, 0.15) is 0 Å². The fourth-order valence-corrected chi connectivity index (χ4v) is 2.89. The van der Waals surface area contributed by atoms with Crippen molar-refractivity contribution < 1.29 is 4.79 Å². The van der Waals surface area contributed by atoms with Crippen molar-refractivity contribution >= 4 is 18.3 Å². The normalized spacial score (nSPS) is 19.4. The van der Waals surface area contributed by atoms with Gasteiger partial charge in [-0.2, -0.15) is 0 Å². The van der Waals surface area contributed by atoms with E-state index in [4.69, 9.17) is 5.73 Å². The summed E-state index contributed by atoms with van der Waals surface area (Å²) in [4.78, 5) is 12.4. The molecule has 1 amide bonds. The fraction of sp³-hybridized carbons (Fsp3) is 0.929. The molecule has 0 aliphatic heterocycles. The van der Waals surface area contributed by atoms with Gasteiger partial charge in [0.15, 0.2) is 0 Å². The van der Waals surface area contributed by atoms with Crippen LogP contribution in [0.1, 0.15) is 52.9 Å². The lowest BCUT2D eigenvalue weighted by molar-refractivity contribution is -0.131. The van der Waals surface area contributed by atoms with Crippen molar-refractivity contribution in [3.63, 3.8) is 0 Å². The summed E-state index contributed by atoms with van der Waals surface area (Å²) >= 11 is 0. The van der Waals surface area contributed by atoms with Crippen LogP contribution in [0.5, 0.6) is 0 Å². The Hall–Kier alpha value is -0.280. The van der Waals surface area contributed by atoms with E-state index in [2.05, 4.69) is 26.1 Å². The zero-order valence-corrected chi connectivity index (χ0v) is 12.8. The van der Waals surface area contributed by atoms with Gasteiger partial charge in [0.25, 0.3) is 0 Å². The summed E-state index contributed by atoms with van der Waals surface area (Å²) in [7, 11) is 0. The van der Waals surface area contributed by atoms with Gasteiger partial charge in [-0.25, -0.2) is 0 Å². The molecule has 0 saturated heterocycles. The summed E-state index contributed by atoms with van der Waals surface area (Å²) in [6.07, 6.45) is 5.55. The van der Waals surface area contributed by atoms with Gasteiger partial charge < -0.3 is 11.1 Å². The Morgan fingerprint density at radius 2 is 1.83 bits per heavy atom. The molecule has 18 heavy (non-hydrogen) atoms. The number of nitrogens with one attached hydrogen (secondary N) is 1. The standard InChI is InChI=1S/C14H28N2O.ClH/c1-11(2)8-14(6-4-5-7-14)13(17)16-10-12(3)9-15;/h11-12H,4-10,15H2,1-3H3,(H,16,17);1H. The molecule has 108 valence electrons. The third-order valence-electron chi connectivity index (χ3n) is 3.85. The molecule has 0 aromatic heterocycles. The summed E-state index contributed by atoms with van der Waals surface area (Å²) in [6.45, 7) is 7.84. The molecule has 1 fully saturated rings. The fourth-order valence-electron chi connectivity index (χ4n) is 2.89. The van der Waals surface area contributed by atoms with Crippen molar-refractivity contribution in [3.8, 4) is 0 Å². The lowest BCUT2D eigenvalue weighted by Crippen LogP contribution is -2.42. The quantitative estimate of drug-likeness (QED) is 0.784. The van der Waals surface area contributed by atoms with Crippen LogP contribution in [0.15, 0.2) is 0 Å². The average Bonchev–Trinajstić information content (AvgIpc) is 2.74. The topological polar surface area (TPSA) is 55.1 Å². The van der Waals surface area contributed by atoms with Crippen molar-refractivity contribution in [1.29, 1.82) is 0 Å². The molecule has 1 aliphatic rings. The zero-order chi connectivity index (χ0) is 12.9. The second-order valence-electron chi connectivity index (χ2n) is 6.14. The van der Waals surface area contributed by atoms with E-state index in [0.717, 1.165) is 25.8 Å². The molecule has 3 nitrogen and oxygen atoms in total. The molecule has 0 aromatic rings. The first-order valence-corrected chi connectivity index (χ1v) is 6.98. The van der Waals surface area contributed by atoms with Crippen LogP contribution in [-0.2, 0) is 4.79 Å². The van der Waals surface area contributed by atoms with Crippen molar-refractivity contribution in [1.82, 2.24) is 5.32 Å². The van der Waals surface area contributed by atoms with Gasteiger partial charge in [0, 0.05) is 12.0 Å². The number of nitrogens with two attached hydrogens (primary N) is 1. The van der Waals surface area contributed by atoms with E-state index in [1.165, 1.54) is 12.8 Å². The Morgan fingerprint density at radius 1 is 1.28 bits per heavy atom. The minimum atomic E-state index is -0.0809. The van der Waals surface area contributed by atoms with Gasteiger partial charge in [0.05, 0.1) is 0 Å². The molecule has 0 heterocycles. The summed E-state index contributed by atoms with van der Waals surface area (Å²) in [6, 6.07) is 0. The van der Waals surface area contributed by atoms with Crippen LogP contribution >= 0.6 is 12.4 Å². The van der Waals surface area contributed by atoms with Crippen LogP contribution in [0.2, 0.25) is 0 Å². The third-order valence-corrected chi connectivity index (χ3v) is 3.85. The third kappa shape index (κ3) is 4.77. The highest BCUT2D eigenvalue weighted by atomic mass is 35.5. The molecular formula is C14H29ClN2O. The molecule has 3 N–H and O–H groups in total. The largest absolute Gasteiger partial charge is 0.355 e. The Morgan fingerprint density at radius 3 is 2.28 bits per heavy atom. The van der Waals surface area contributed by atoms with Gasteiger partial charge in [-0.05, 0) is 37.6 Å². The lowest BCUT2D eigenvalue weighted by Gasteiger charge is -2.30. The van der Waals surface area contributed by atoms with E-state index in [-0.39, 0.29) is 23.7 Å². The molecule has 0 aromatic carbocycles. The van der Waals surface area contributed by atoms with Gasteiger partial charge in [0.2, 0.25) is 5.91 Å². The maximum absolute atomic E-state index is 12.4. The Labute approximate surface area is 118 Å². The second-order valence-corrected chi connectivity index (χ2v) is 6.14. The molecular weight excluding hydrogens is 248 g/mol. The predicted molar refractivity (Wildman–Crippen MR) is 78.8 cm³/mol. The molecule has 1 atom stereocenters. The van der Waals surface area contributed by atoms with Crippen molar-refractivity contribution in [3.05, 3.63) is 0 Å². The number of halogens is 1. The van der Waals surface area contributed by atoms with E-state index in [1.807, 2.05) is 0 Å². The lowest BCUT2D eigenvalue weighted by atomic mass is 9.77. The van der Waals surface area contributed by atoms with Gasteiger partial charge in [-0.3, -0.25) is 4.79 Å². The number of hydrogen-bond donors (Lipinski definition) is 2. The first-order valence-electron chi connectivity index (χ1n) is 6.98. The van der Waals surface area contributed by atoms with E-state index in [1.54, 1.807) is 0 Å². The zero-order valence-electron chi connectivity index (χ0n) is 12.0. The number of rotatable bonds is 6. The predicted octanol–water partition coefficient (Wildman–Crippen LogP) is 2.73. The van der Waals surface area contributed by atoms with Gasteiger partial charge in [-0.15, -0.1) is 12.4 Å². The monoisotopic (exact) mass is 276 g/mol. The van der Waals surface area contributed by atoms with E-state index >= 15 is 0 Å². The number of hydrogen-bond acceptors (Lipinski definition) is 2. The molecule has 0 radical (unpaired) electrons. The van der Waals surface area contributed by atoms with Crippen LogP contribution in [0, 0.1) is 17.3 Å².